The molecule has 2 aromatic carbocycles. The normalized spacial score (nSPS) is 16.9. The van der Waals surface area contributed by atoms with Gasteiger partial charge < -0.3 is 10.3 Å². The SMILES string of the molecule is CCS(=O)(=O)N1CCC(C(=O)NCC(c2ccccc2)c2c[nH]c3ccccc23)CC1. The number of aromatic amines is 1. The van der Waals surface area contributed by atoms with Crippen LogP contribution in [-0.4, -0.2) is 49.0 Å². The first-order valence-electron chi connectivity index (χ1n) is 10.9. The van der Waals surface area contributed by atoms with Crippen molar-refractivity contribution in [2.75, 3.05) is 25.4 Å². The van der Waals surface area contributed by atoms with E-state index in [0.29, 0.717) is 32.5 Å². The number of para-hydroxylation sites is 1. The molecule has 0 bridgehead atoms. The van der Waals surface area contributed by atoms with Gasteiger partial charge in [-0.3, -0.25) is 4.79 Å². The number of H-pyrrole nitrogens is 1. The molecule has 1 fully saturated rings. The average molecular weight is 440 g/mol. The van der Waals surface area contributed by atoms with Crippen molar-refractivity contribution in [1.82, 2.24) is 14.6 Å². The number of nitrogens with zero attached hydrogens (tertiary/aromatic N) is 1. The zero-order valence-electron chi connectivity index (χ0n) is 17.8. The largest absolute Gasteiger partial charge is 0.361 e. The van der Waals surface area contributed by atoms with Crippen molar-refractivity contribution >= 4 is 26.8 Å². The third-order valence-corrected chi connectivity index (χ3v) is 8.14. The Morgan fingerprint density at radius 3 is 2.48 bits per heavy atom. The molecule has 164 valence electrons. The second-order valence-electron chi connectivity index (χ2n) is 8.07. The molecule has 1 aromatic heterocycles. The summed E-state index contributed by atoms with van der Waals surface area (Å²) in [5.41, 5.74) is 3.39. The highest BCUT2D eigenvalue weighted by Crippen LogP contribution is 2.30. The van der Waals surface area contributed by atoms with Gasteiger partial charge in [-0.1, -0.05) is 48.5 Å². The Labute approximate surface area is 183 Å². The Kier molecular flexibility index (Phi) is 6.43. The van der Waals surface area contributed by atoms with Crippen LogP contribution >= 0.6 is 0 Å². The molecule has 1 aliphatic rings. The fraction of sp³-hybridized carbons (Fsp3) is 0.375. The van der Waals surface area contributed by atoms with Crippen molar-refractivity contribution in [3.8, 4) is 0 Å². The fourth-order valence-corrected chi connectivity index (χ4v) is 5.53. The lowest BCUT2D eigenvalue weighted by Gasteiger charge is -2.30. The van der Waals surface area contributed by atoms with Crippen LogP contribution in [0.1, 0.15) is 36.8 Å². The maximum Gasteiger partial charge on any atom is 0.223 e. The van der Waals surface area contributed by atoms with E-state index in [1.807, 2.05) is 36.5 Å². The summed E-state index contributed by atoms with van der Waals surface area (Å²) in [7, 11) is -3.18. The number of carbonyl (C=O) groups is 1. The van der Waals surface area contributed by atoms with Crippen LogP contribution in [0.4, 0.5) is 0 Å². The Morgan fingerprint density at radius 2 is 1.77 bits per heavy atom. The third kappa shape index (κ3) is 4.67. The fourth-order valence-electron chi connectivity index (χ4n) is 4.40. The minimum absolute atomic E-state index is 0.00863. The summed E-state index contributed by atoms with van der Waals surface area (Å²) in [5, 5.41) is 4.31. The van der Waals surface area contributed by atoms with Gasteiger partial charge in [0.15, 0.2) is 0 Å². The molecule has 6 nitrogen and oxygen atoms in total. The maximum absolute atomic E-state index is 12.9. The summed E-state index contributed by atoms with van der Waals surface area (Å²) in [6.07, 6.45) is 3.16. The predicted molar refractivity (Wildman–Crippen MR) is 123 cm³/mol. The standard InChI is InChI=1S/C24H29N3O3S/c1-2-31(29,30)27-14-12-19(13-15-27)24(28)26-16-21(18-8-4-3-5-9-18)22-17-25-23-11-7-6-10-20(22)23/h3-11,17,19,21,25H,2,12-16H2,1H3,(H,26,28). The first kappa shape index (κ1) is 21.6. The zero-order valence-corrected chi connectivity index (χ0v) is 18.6. The van der Waals surface area contributed by atoms with E-state index in [0.717, 1.165) is 22.0 Å². The van der Waals surface area contributed by atoms with E-state index in [2.05, 4.69) is 34.6 Å². The molecular formula is C24H29N3O3S. The van der Waals surface area contributed by atoms with Gasteiger partial charge in [0, 0.05) is 48.6 Å². The van der Waals surface area contributed by atoms with Gasteiger partial charge in [0.1, 0.15) is 0 Å². The lowest BCUT2D eigenvalue weighted by atomic mass is 9.90. The Balaban J connectivity index is 1.47. The predicted octanol–water partition coefficient (Wildman–Crippen LogP) is 3.48. The highest BCUT2D eigenvalue weighted by atomic mass is 32.2. The number of hydrogen-bond acceptors (Lipinski definition) is 3. The molecule has 2 N–H and O–H groups in total. The van der Waals surface area contributed by atoms with Gasteiger partial charge in [0.2, 0.25) is 15.9 Å². The van der Waals surface area contributed by atoms with E-state index in [1.165, 1.54) is 4.31 Å². The molecule has 1 saturated heterocycles. The molecule has 0 saturated carbocycles. The first-order chi connectivity index (χ1) is 15.0. The van der Waals surface area contributed by atoms with E-state index in [4.69, 9.17) is 0 Å². The summed E-state index contributed by atoms with van der Waals surface area (Å²) in [6, 6.07) is 18.4. The highest BCUT2D eigenvalue weighted by Gasteiger charge is 2.30. The van der Waals surface area contributed by atoms with E-state index >= 15 is 0 Å². The quantitative estimate of drug-likeness (QED) is 0.591. The number of rotatable bonds is 7. The number of carbonyl (C=O) groups excluding carboxylic acids is 1. The first-order valence-corrected chi connectivity index (χ1v) is 12.5. The van der Waals surface area contributed by atoms with Gasteiger partial charge in [-0.25, -0.2) is 12.7 Å². The van der Waals surface area contributed by atoms with Crippen molar-refractivity contribution in [3.05, 3.63) is 71.9 Å². The van der Waals surface area contributed by atoms with Crippen LogP contribution < -0.4 is 5.32 Å². The van der Waals surface area contributed by atoms with Crippen molar-refractivity contribution in [3.63, 3.8) is 0 Å². The van der Waals surface area contributed by atoms with Gasteiger partial charge in [-0.15, -0.1) is 0 Å². The van der Waals surface area contributed by atoms with Crippen molar-refractivity contribution in [2.45, 2.75) is 25.7 Å². The summed E-state index contributed by atoms with van der Waals surface area (Å²) >= 11 is 0. The molecule has 2 heterocycles. The number of aromatic nitrogens is 1. The molecule has 4 rings (SSSR count). The van der Waals surface area contributed by atoms with Crippen molar-refractivity contribution in [1.29, 1.82) is 0 Å². The summed E-state index contributed by atoms with van der Waals surface area (Å²) in [6.45, 7) is 2.98. The van der Waals surface area contributed by atoms with Crippen LogP contribution in [0.3, 0.4) is 0 Å². The smallest absolute Gasteiger partial charge is 0.223 e. The third-order valence-electron chi connectivity index (χ3n) is 6.26. The van der Waals surface area contributed by atoms with Crippen LogP contribution in [0.25, 0.3) is 10.9 Å². The molecule has 1 aliphatic heterocycles. The molecule has 1 amide bonds. The van der Waals surface area contributed by atoms with Crippen LogP contribution in [0.2, 0.25) is 0 Å². The van der Waals surface area contributed by atoms with E-state index in [-0.39, 0.29) is 23.5 Å². The number of nitrogens with one attached hydrogen (secondary N) is 2. The van der Waals surface area contributed by atoms with Crippen LogP contribution in [0.5, 0.6) is 0 Å². The minimum Gasteiger partial charge on any atom is -0.361 e. The lowest BCUT2D eigenvalue weighted by molar-refractivity contribution is -0.126. The summed E-state index contributed by atoms with van der Waals surface area (Å²) in [5.74, 6) is -0.00775. The number of sulfonamides is 1. The van der Waals surface area contributed by atoms with E-state index < -0.39 is 10.0 Å². The number of hydrogen-bond donors (Lipinski definition) is 2. The van der Waals surface area contributed by atoms with Gasteiger partial charge >= 0.3 is 0 Å². The Hall–Kier alpha value is -2.64. The number of piperidine rings is 1. The van der Waals surface area contributed by atoms with Crippen LogP contribution in [-0.2, 0) is 14.8 Å². The maximum atomic E-state index is 12.9. The molecular weight excluding hydrogens is 410 g/mol. The van der Waals surface area contributed by atoms with Crippen molar-refractivity contribution < 1.29 is 13.2 Å². The monoisotopic (exact) mass is 439 g/mol. The zero-order chi connectivity index (χ0) is 21.8. The van der Waals surface area contributed by atoms with Crippen LogP contribution in [0, 0.1) is 5.92 Å². The topological polar surface area (TPSA) is 82.3 Å². The molecule has 31 heavy (non-hydrogen) atoms. The van der Waals surface area contributed by atoms with Gasteiger partial charge in [0.05, 0.1) is 5.75 Å². The molecule has 0 aliphatic carbocycles. The Morgan fingerprint density at radius 1 is 1.10 bits per heavy atom. The van der Waals surface area contributed by atoms with Gasteiger partial charge in [-0.2, -0.15) is 0 Å². The second-order valence-corrected chi connectivity index (χ2v) is 10.3. The molecule has 0 radical (unpaired) electrons. The molecule has 1 unspecified atom stereocenters. The molecule has 7 heteroatoms. The molecule has 3 aromatic rings. The average Bonchev–Trinajstić information content (AvgIpc) is 3.24. The van der Waals surface area contributed by atoms with E-state index in [1.54, 1.807) is 6.92 Å². The lowest BCUT2D eigenvalue weighted by Crippen LogP contribution is -2.44. The Bertz CT molecular complexity index is 1130. The number of benzene rings is 2. The highest BCUT2D eigenvalue weighted by molar-refractivity contribution is 7.89. The summed E-state index contributed by atoms with van der Waals surface area (Å²) in [4.78, 5) is 16.2. The van der Waals surface area contributed by atoms with Gasteiger partial charge in [0.25, 0.3) is 0 Å². The van der Waals surface area contributed by atoms with Crippen LogP contribution in [0.15, 0.2) is 60.8 Å². The number of amides is 1. The number of fused-ring (bicyclic) bond motifs is 1. The van der Waals surface area contributed by atoms with Crippen molar-refractivity contribution in [2.24, 2.45) is 5.92 Å². The minimum atomic E-state index is -3.18. The molecule has 0 spiro atoms. The molecule has 1 atom stereocenters. The van der Waals surface area contributed by atoms with E-state index in [9.17, 15) is 13.2 Å². The second kappa shape index (κ2) is 9.24. The summed E-state index contributed by atoms with van der Waals surface area (Å²) < 4.78 is 25.6. The van der Waals surface area contributed by atoms with Gasteiger partial charge in [-0.05, 0) is 37.0 Å².